The molecule has 0 unspecified atom stereocenters. The van der Waals surface area contributed by atoms with Crippen molar-refractivity contribution in [2.45, 2.75) is 6.42 Å². The molecule has 5 nitrogen and oxygen atoms in total. The zero-order valence-corrected chi connectivity index (χ0v) is 13.2. The van der Waals surface area contributed by atoms with E-state index in [1.807, 2.05) is 0 Å². The van der Waals surface area contributed by atoms with Gasteiger partial charge in [0.2, 0.25) is 0 Å². The summed E-state index contributed by atoms with van der Waals surface area (Å²) in [6.45, 7) is 1.11. The van der Waals surface area contributed by atoms with Crippen molar-refractivity contribution in [3.05, 3.63) is 28.5 Å². The van der Waals surface area contributed by atoms with Crippen LogP contribution in [0.15, 0.2) is 22.7 Å². The quantitative estimate of drug-likeness (QED) is 0.734. The van der Waals surface area contributed by atoms with Crippen LogP contribution in [0.25, 0.3) is 0 Å². The third-order valence-corrected chi connectivity index (χ3v) is 4.62. The lowest BCUT2D eigenvalue weighted by Crippen LogP contribution is -2.34. The van der Waals surface area contributed by atoms with Crippen LogP contribution in [0.3, 0.4) is 0 Å². The van der Waals surface area contributed by atoms with Gasteiger partial charge in [-0.2, -0.15) is 12.7 Å². The van der Waals surface area contributed by atoms with Crippen LogP contribution in [0.4, 0.5) is 10.1 Å². The van der Waals surface area contributed by atoms with Gasteiger partial charge in [0.1, 0.15) is 5.82 Å². The van der Waals surface area contributed by atoms with E-state index in [-0.39, 0.29) is 10.2 Å². The zero-order valence-electron chi connectivity index (χ0n) is 10.8. The van der Waals surface area contributed by atoms with Gasteiger partial charge in [0.15, 0.2) is 0 Å². The van der Waals surface area contributed by atoms with Crippen molar-refractivity contribution in [2.75, 3.05) is 31.9 Å². The highest BCUT2D eigenvalue weighted by Gasteiger charge is 2.17. The molecule has 2 N–H and O–H groups in total. The smallest absolute Gasteiger partial charge is 0.301 e. The Labute approximate surface area is 121 Å². The minimum Gasteiger partial charge on any atom is -0.320 e. The fraction of sp³-hybridized carbons (Fsp3) is 0.455. The van der Waals surface area contributed by atoms with Gasteiger partial charge < -0.3 is 5.32 Å². The predicted molar refractivity (Wildman–Crippen MR) is 77.8 cm³/mol. The molecule has 0 amide bonds. The Morgan fingerprint density at radius 1 is 1.42 bits per heavy atom. The first-order chi connectivity index (χ1) is 8.86. The Morgan fingerprint density at radius 2 is 2.11 bits per heavy atom. The molecule has 0 aliphatic heterocycles. The van der Waals surface area contributed by atoms with Crippen LogP contribution in [0.2, 0.25) is 0 Å². The number of hydrogen-bond donors (Lipinski definition) is 2. The van der Waals surface area contributed by atoms with Crippen molar-refractivity contribution in [3.63, 3.8) is 0 Å². The van der Waals surface area contributed by atoms with Gasteiger partial charge in [-0.3, -0.25) is 4.72 Å². The highest BCUT2D eigenvalue weighted by Crippen LogP contribution is 2.20. The number of benzene rings is 1. The Balaban J connectivity index is 2.70. The molecule has 1 rings (SSSR count). The van der Waals surface area contributed by atoms with Crippen LogP contribution in [0.1, 0.15) is 6.42 Å². The van der Waals surface area contributed by atoms with Crippen molar-refractivity contribution >= 4 is 31.8 Å². The van der Waals surface area contributed by atoms with Crippen molar-refractivity contribution in [3.8, 4) is 0 Å². The maximum Gasteiger partial charge on any atom is 0.301 e. The fourth-order valence-corrected chi connectivity index (χ4v) is 2.58. The van der Waals surface area contributed by atoms with Crippen LogP contribution in [0.5, 0.6) is 0 Å². The van der Waals surface area contributed by atoms with Gasteiger partial charge >= 0.3 is 10.2 Å². The molecule has 1 aromatic carbocycles. The fourth-order valence-electron chi connectivity index (χ4n) is 1.39. The number of nitrogens with one attached hydrogen (secondary N) is 2. The SMILES string of the molecule is CNCCCN(C)S(=O)(=O)Nc1ccc(Br)c(F)c1. The molecular weight excluding hydrogens is 337 g/mol. The average molecular weight is 354 g/mol. The summed E-state index contributed by atoms with van der Waals surface area (Å²) in [5, 5.41) is 2.94. The molecule has 0 radical (unpaired) electrons. The summed E-state index contributed by atoms with van der Waals surface area (Å²) in [7, 11) is -0.368. The van der Waals surface area contributed by atoms with E-state index in [1.165, 1.54) is 23.5 Å². The van der Waals surface area contributed by atoms with Crippen molar-refractivity contribution < 1.29 is 12.8 Å². The van der Waals surface area contributed by atoms with Gasteiger partial charge in [-0.15, -0.1) is 0 Å². The Hall–Kier alpha value is -0.700. The lowest BCUT2D eigenvalue weighted by molar-refractivity contribution is 0.462. The van der Waals surface area contributed by atoms with E-state index in [2.05, 4.69) is 26.0 Å². The van der Waals surface area contributed by atoms with Crippen LogP contribution in [0, 0.1) is 5.82 Å². The lowest BCUT2D eigenvalue weighted by atomic mass is 10.3. The molecule has 0 saturated heterocycles. The van der Waals surface area contributed by atoms with E-state index in [0.29, 0.717) is 13.0 Å². The highest BCUT2D eigenvalue weighted by atomic mass is 79.9. The predicted octanol–water partition coefficient (Wildman–Crippen LogP) is 1.79. The molecule has 108 valence electrons. The van der Waals surface area contributed by atoms with Crippen LogP contribution in [-0.4, -0.2) is 39.9 Å². The van der Waals surface area contributed by atoms with E-state index in [4.69, 9.17) is 0 Å². The molecular formula is C11H17BrFN3O2S. The van der Waals surface area contributed by atoms with Crippen molar-refractivity contribution in [2.24, 2.45) is 0 Å². The standard InChI is InChI=1S/C11H17BrFN3O2S/c1-14-6-3-7-16(2)19(17,18)15-9-4-5-10(12)11(13)8-9/h4-5,8,14-15H,3,6-7H2,1-2H3. The highest BCUT2D eigenvalue weighted by molar-refractivity contribution is 9.10. The van der Waals surface area contributed by atoms with E-state index >= 15 is 0 Å². The van der Waals surface area contributed by atoms with Gasteiger partial charge in [-0.1, -0.05) is 0 Å². The molecule has 0 saturated carbocycles. The first kappa shape index (κ1) is 16.4. The van der Waals surface area contributed by atoms with E-state index in [9.17, 15) is 12.8 Å². The summed E-state index contributed by atoms with van der Waals surface area (Å²) in [5.74, 6) is -0.516. The molecule has 0 atom stereocenters. The maximum atomic E-state index is 13.3. The van der Waals surface area contributed by atoms with Crippen molar-refractivity contribution in [1.29, 1.82) is 0 Å². The van der Waals surface area contributed by atoms with E-state index in [1.54, 1.807) is 7.05 Å². The van der Waals surface area contributed by atoms with Gasteiger partial charge in [-0.25, -0.2) is 4.39 Å². The molecule has 0 fully saturated rings. The van der Waals surface area contributed by atoms with Crippen LogP contribution < -0.4 is 10.0 Å². The Morgan fingerprint density at radius 3 is 2.68 bits per heavy atom. The number of rotatable bonds is 7. The van der Waals surface area contributed by atoms with E-state index < -0.39 is 16.0 Å². The molecule has 0 heterocycles. The van der Waals surface area contributed by atoms with Gasteiger partial charge in [0, 0.05) is 13.6 Å². The first-order valence-electron chi connectivity index (χ1n) is 5.70. The second kappa shape index (κ2) is 7.18. The van der Waals surface area contributed by atoms with Gasteiger partial charge in [-0.05, 0) is 54.1 Å². The molecule has 0 spiro atoms. The zero-order chi connectivity index (χ0) is 14.5. The largest absolute Gasteiger partial charge is 0.320 e. The molecule has 8 heteroatoms. The summed E-state index contributed by atoms with van der Waals surface area (Å²) in [6.07, 6.45) is 0.697. The van der Waals surface area contributed by atoms with Crippen molar-refractivity contribution in [1.82, 2.24) is 9.62 Å². The number of nitrogens with zero attached hydrogens (tertiary/aromatic N) is 1. The van der Waals surface area contributed by atoms with Crippen LogP contribution in [-0.2, 0) is 10.2 Å². The summed E-state index contributed by atoms with van der Waals surface area (Å²) in [6, 6.07) is 4.07. The molecule has 0 aliphatic carbocycles. The van der Waals surface area contributed by atoms with Crippen LogP contribution >= 0.6 is 15.9 Å². The third kappa shape index (κ3) is 5.06. The maximum absolute atomic E-state index is 13.3. The normalized spacial score (nSPS) is 11.8. The number of halogens is 2. The average Bonchev–Trinajstić information content (AvgIpc) is 2.33. The number of hydrogen-bond acceptors (Lipinski definition) is 3. The topological polar surface area (TPSA) is 61.4 Å². The Bertz CT molecular complexity index is 525. The summed E-state index contributed by atoms with van der Waals surface area (Å²) >= 11 is 3.01. The monoisotopic (exact) mass is 353 g/mol. The number of anilines is 1. The van der Waals surface area contributed by atoms with Gasteiger partial charge in [0.05, 0.1) is 10.2 Å². The molecule has 0 aliphatic rings. The van der Waals surface area contributed by atoms with E-state index in [0.717, 1.165) is 12.6 Å². The summed E-state index contributed by atoms with van der Waals surface area (Å²) < 4.78 is 41.0. The molecule has 0 bridgehead atoms. The second-order valence-corrected chi connectivity index (χ2v) is 6.65. The second-order valence-electron chi connectivity index (χ2n) is 4.01. The third-order valence-electron chi connectivity index (χ3n) is 2.48. The van der Waals surface area contributed by atoms with Gasteiger partial charge in [0.25, 0.3) is 0 Å². The minimum absolute atomic E-state index is 0.196. The minimum atomic E-state index is -3.65. The first-order valence-corrected chi connectivity index (χ1v) is 7.94. The summed E-state index contributed by atoms with van der Waals surface area (Å²) in [5.41, 5.74) is 0.196. The summed E-state index contributed by atoms with van der Waals surface area (Å²) in [4.78, 5) is 0. The molecule has 0 aromatic heterocycles. The lowest BCUT2D eigenvalue weighted by Gasteiger charge is -2.18. The Kier molecular flexibility index (Phi) is 6.18. The molecule has 1 aromatic rings. The molecule has 19 heavy (non-hydrogen) atoms.